The first kappa shape index (κ1) is 12.7. The molecule has 1 N–H and O–H groups in total. The quantitative estimate of drug-likeness (QED) is 0.754. The molecule has 15 heavy (non-hydrogen) atoms. The predicted molar refractivity (Wildman–Crippen MR) is 67.5 cm³/mol. The zero-order valence-corrected chi connectivity index (χ0v) is 11.1. The van der Waals surface area contributed by atoms with Crippen molar-refractivity contribution < 1.29 is 0 Å². The zero-order chi connectivity index (χ0) is 11.3. The summed E-state index contributed by atoms with van der Waals surface area (Å²) in [5.74, 6) is 0. The van der Waals surface area contributed by atoms with Gasteiger partial charge in [-0.3, -0.25) is 0 Å². The van der Waals surface area contributed by atoms with Gasteiger partial charge in [-0.15, -0.1) is 11.3 Å². The SMILES string of the molecule is CCCNCC(C)(C)Cc1csc(C)n1. The molecule has 3 heteroatoms. The Morgan fingerprint density at radius 2 is 2.20 bits per heavy atom. The summed E-state index contributed by atoms with van der Waals surface area (Å²) in [5, 5.41) is 6.82. The van der Waals surface area contributed by atoms with E-state index in [1.165, 1.54) is 17.1 Å². The Hall–Kier alpha value is -0.410. The fourth-order valence-corrected chi connectivity index (χ4v) is 2.26. The van der Waals surface area contributed by atoms with Crippen molar-refractivity contribution in [2.75, 3.05) is 13.1 Å². The first-order valence-electron chi connectivity index (χ1n) is 5.65. The Kier molecular flexibility index (Phi) is 4.74. The second-order valence-corrected chi connectivity index (χ2v) is 5.94. The Balaban J connectivity index is 2.41. The van der Waals surface area contributed by atoms with E-state index in [9.17, 15) is 0 Å². The van der Waals surface area contributed by atoms with Gasteiger partial charge in [-0.05, 0) is 31.7 Å². The highest BCUT2D eigenvalue weighted by Crippen LogP contribution is 2.21. The van der Waals surface area contributed by atoms with Gasteiger partial charge in [0.25, 0.3) is 0 Å². The molecule has 0 atom stereocenters. The molecule has 2 nitrogen and oxygen atoms in total. The number of nitrogens with one attached hydrogen (secondary N) is 1. The van der Waals surface area contributed by atoms with Gasteiger partial charge in [0.15, 0.2) is 0 Å². The van der Waals surface area contributed by atoms with Crippen LogP contribution >= 0.6 is 11.3 Å². The van der Waals surface area contributed by atoms with Crippen LogP contribution in [-0.4, -0.2) is 18.1 Å². The van der Waals surface area contributed by atoms with Gasteiger partial charge in [0.2, 0.25) is 0 Å². The molecule has 1 aromatic heterocycles. The third-order valence-corrected chi connectivity index (χ3v) is 3.18. The number of nitrogens with zero attached hydrogens (tertiary/aromatic N) is 1. The maximum Gasteiger partial charge on any atom is 0.0897 e. The van der Waals surface area contributed by atoms with Gasteiger partial charge in [-0.1, -0.05) is 20.8 Å². The Morgan fingerprint density at radius 1 is 1.47 bits per heavy atom. The molecule has 1 rings (SSSR count). The van der Waals surface area contributed by atoms with Crippen LogP contribution in [0.3, 0.4) is 0 Å². The van der Waals surface area contributed by atoms with E-state index in [1.54, 1.807) is 11.3 Å². The number of rotatable bonds is 6. The van der Waals surface area contributed by atoms with Crippen LogP contribution in [0.5, 0.6) is 0 Å². The van der Waals surface area contributed by atoms with E-state index in [0.717, 1.165) is 19.5 Å². The normalized spacial score (nSPS) is 12.0. The molecule has 0 aliphatic rings. The molecule has 0 spiro atoms. The van der Waals surface area contributed by atoms with E-state index >= 15 is 0 Å². The molecule has 0 fully saturated rings. The first-order chi connectivity index (χ1) is 7.03. The molecule has 86 valence electrons. The van der Waals surface area contributed by atoms with Crippen molar-refractivity contribution in [3.63, 3.8) is 0 Å². The van der Waals surface area contributed by atoms with Crippen LogP contribution in [0, 0.1) is 12.3 Å². The van der Waals surface area contributed by atoms with Crippen LogP contribution in [-0.2, 0) is 6.42 Å². The standard InChI is InChI=1S/C12H22N2S/c1-5-6-13-9-12(3,4)7-11-8-15-10(2)14-11/h8,13H,5-7,9H2,1-4H3. The van der Waals surface area contributed by atoms with Gasteiger partial charge in [-0.2, -0.15) is 0 Å². The molecule has 0 saturated carbocycles. The smallest absolute Gasteiger partial charge is 0.0897 e. The molecular weight excluding hydrogens is 204 g/mol. The third-order valence-electron chi connectivity index (χ3n) is 2.36. The maximum absolute atomic E-state index is 4.51. The Labute approximate surface area is 97.1 Å². The average Bonchev–Trinajstić information content (AvgIpc) is 2.50. The van der Waals surface area contributed by atoms with E-state index in [4.69, 9.17) is 0 Å². The third kappa shape index (κ3) is 4.76. The highest BCUT2D eigenvalue weighted by molar-refractivity contribution is 7.09. The lowest BCUT2D eigenvalue weighted by Gasteiger charge is -2.24. The van der Waals surface area contributed by atoms with Crippen LogP contribution < -0.4 is 5.32 Å². The fraction of sp³-hybridized carbons (Fsp3) is 0.750. The van der Waals surface area contributed by atoms with Crippen LogP contribution in [0.1, 0.15) is 37.9 Å². The van der Waals surface area contributed by atoms with Gasteiger partial charge in [-0.25, -0.2) is 4.98 Å². The number of aryl methyl sites for hydroxylation is 1. The van der Waals surface area contributed by atoms with Gasteiger partial charge < -0.3 is 5.32 Å². The van der Waals surface area contributed by atoms with Crippen LogP contribution in [0.25, 0.3) is 0 Å². The number of hydrogen-bond acceptors (Lipinski definition) is 3. The lowest BCUT2D eigenvalue weighted by molar-refractivity contribution is 0.336. The van der Waals surface area contributed by atoms with E-state index < -0.39 is 0 Å². The van der Waals surface area contributed by atoms with Gasteiger partial charge in [0.1, 0.15) is 0 Å². The minimum atomic E-state index is 0.301. The van der Waals surface area contributed by atoms with Crippen molar-refractivity contribution in [2.45, 2.75) is 40.5 Å². The summed E-state index contributed by atoms with van der Waals surface area (Å²) < 4.78 is 0. The lowest BCUT2D eigenvalue weighted by Crippen LogP contribution is -2.31. The van der Waals surface area contributed by atoms with Crippen molar-refractivity contribution in [1.29, 1.82) is 0 Å². The summed E-state index contributed by atoms with van der Waals surface area (Å²) in [6.07, 6.45) is 2.26. The van der Waals surface area contributed by atoms with Crippen molar-refractivity contribution >= 4 is 11.3 Å². The van der Waals surface area contributed by atoms with E-state index in [1.807, 2.05) is 0 Å². The molecule has 0 amide bonds. The summed E-state index contributed by atoms with van der Waals surface area (Å²) in [6.45, 7) is 11.0. The summed E-state index contributed by atoms with van der Waals surface area (Å²) in [4.78, 5) is 4.51. The second-order valence-electron chi connectivity index (χ2n) is 4.88. The van der Waals surface area contributed by atoms with Crippen LogP contribution in [0.15, 0.2) is 5.38 Å². The maximum atomic E-state index is 4.51. The second kappa shape index (κ2) is 5.61. The Morgan fingerprint density at radius 3 is 2.73 bits per heavy atom. The van der Waals surface area contributed by atoms with Crippen LogP contribution in [0.2, 0.25) is 0 Å². The summed E-state index contributed by atoms with van der Waals surface area (Å²) >= 11 is 1.74. The largest absolute Gasteiger partial charge is 0.316 e. The molecule has 1 aromatic rings. The first-order valence-corrected chi connectivity index (χ1v) is 6.53. The highest BCUT2D eigenvalue weighted by Gasteiger charge is 2.19. The van der Waals surface area contributed by atoms with Crippen molar-refractivity contribution in [1.82, 2.24) is 10.3 Å². The molecule has 0 aromatic carbocycles. The molecule has 0 bridgehead atoms. The molecule has 0 aliphatic carbocycles. The summed E-state index contributed by atoms with van der Waals surface area (Å²) in [7, 11) is 0. The zero-order valence-electron chi connectivity index (χ0n) is 10.3. The number of aromatic nitrogens is 1. The van der Waals surface area contributed by atoms with Crippen LogP contribution in [0.4, 0.5) is 0 Å². The van der Waals surface area contributed by atoms with Crippen molar-refractivity contribution in [3.05, 3.63) is 16.1 Å². The van der Waals surface area contributed by atoms with Gasteiger partial charge in [0.05, 0.1) is 10.7 Å². The fourth-order valence-electron chi connectivity index (χ4n) is 1.65. The minimum absolute atomic E-state index is 0.301. The van der Waals surface area contributed by atoms with Gasteiger partial charge in [0, 0.05) is 11.9 Å². The predicted octanol–water partition coefficient (Wildman–Crippen LogP) is 3.02. The topological polar surface area (TPSA) is 24.9 Å². The monoisotopic (exact) mass is 226 g/mol. The minimum Gasteiger partial charge on any atom is -0.316 e. The Bertz CT molecular complexity index is 292. The molecular formula is C12H22N2S. The number of hydrogen-bond donors (Lipinski definition) is 1. The summed E-state index contributed by atoms with van der Waals surface area (Å²) in [6, 6.07) is 0. The molecule has 0 aliphatic heterocycles. The average molecular weight is 226 g/mol. The highest BCUT2D eigenvalue weighted by atomic mass is 32.1. The molecule has 0 unspecified atom stereocenters. The molecule has 0 radical (unpaired) electrons. The lowest BCUT2D eigenvalue weighted by atomic mass is 9.88. The summed E-state index contributed by atoms with van der Waals surface area (Å²) in [5.41, 5.74) is 1.54. The van der Waals surface area contributed by atoms with E-state index in [0.29, 0.717) is 5.41 Å². The van der Waals surface area contributed by atoms with Crippen molar-refractivity contribution in [3.8, 4) is 0 Å². The van der Waals surface area contributed by atoms with Crippen molar-refractivity contribution in [2.24, 2.45) is 5.41 Å². The number of thiazole rings is 1. The van der Waals surface area contributed by atoms with E-state index in [-0.39, 0.29) is 0 Å². The molecule has 1 heterocycles. The van der Waals surface area contributed by atoms with Gasteiger partial charge >= 0.3 is 0 Å². The molecule has 0 saturated heterocycles. The van der Waals surface area contributed by atoms with E-state index in [2.05, 4.69) is 43.4 Å².